The van der Waals surface area contributed by atoms with Crippen molar-refractivity contribution in [3.8, 4) is 17.6 Å². The molecule has 0 spiro atoms. The summed E-state index contributed by atoms with van der Waals surface area (Å²) >= 11 is 0. The van der Waals surface area contributed by atoms with Gasteiger partial charge in [-0.3, -0.25) is 14.9 Å². The Morgan fingerprint density at radius 2 is 1.86 bits per heavy atom. The van der Waals surface area contributed by atoms with Gasteiger partial charge < -0.3 is 14.2 Å². The molecule has 0 radical (unpaired) electrons. The van der Waals surface area contributed by atoms with E-state index in [2.05, 4.69) is 5.32 Å². The van der Waals surface area contributed by atoms with Gasteiger partial charge in [-0.25, -0.2) is 4.79 Å². The highest BCUT2D eigenvalue weighted by molar-refractivity contribution is 6.05. The van der Waals surface area contributed by atoms with Gasteiger partial charge in [0.1, 0.15) is 6.07 Å². The summed E-state index contributed by atoms with van der Waals surface area (Å²) in [5, 5.41) is 10.7. The molecule has 0 aliphatic rings. The molecule has 2 rings (SSSR count). The van der Waals surface area contributed by atoms with Crippen molar-refractivity contribution in [2.45, 2.75) is 0 Å². The van der Waals surface area contributed by atoms with Crippen LogP contribution in [0.4, 0.5) is 0 Å². The predicted octanol–water partition coefficient (Wildman–Crippen LogP) is 2.11. The number of benzene rings is 2. The first-order valence-corrected chi connectivity index (χ1v) is 8.45. The maximum atomic E-state index is 11.8. The number of nitrogens with zero attached hydrogens (tertiary/aromatic N) is 1. The summed E-state index contributed by atoms with van der Waals surface area (Å²) in [6.45, 7) is -0.710. The number of ether oxygens (including phenoxy) is 3. The van der Waals surface area contributed by atoms with E-state index in [1.807, 2.05) is 6.07 Å². The van der Waals surface area contributed by atoms with Crippen LogP contribution in [0, 0.1) is 11.3 Å². The first-order chi connectivity index (χ1) is 14.0. The molecule has 2 amide bonds. The van der Waals surface area contributed by atoms with Crippen molar-refractivity contribution in [1.29, 1.82) is 5.26 Å². The highest BCUT2D eigenvalue weighted by Crippen LogP contribution is 2.28. The highest BCUT2D eigenvalue weighted by atomic mass is 16.5. The summed E-state index contributed by atoms with van der Waals surface area (Å²) in [6.07, 6.45) is 2.60. The summed E-state index contributed by atoms with van der Waals surface area (Å²) in [6, 6.07) is 14.9. The maximum Gasteiger partial charge on any atom is 0.331 e. The van der Waals surface area contributed by atoms with E-state index in [0.29, 0.717) is 22.6 Å². The second-order valence-electron chi connectivity index (χ2n) is 5.54. The van der Waals surface area contributed by atoms with E-state index < -0.39 is 24.4 Å². The number of hydrogen-bond acceptors (Lipinski definition) is 7. The molecule has 2 aromatic rings. The number of hydrogen-bond donors (Lipinski definition) is 1. The minimum atomic E-state index is -0.754. The molecule has 0 fully saturated rings. The van der Waals surface area contributed by atoms with E-state index in [4.69, 9.17) is 19.5 Å². The van der Waals surface area contributed by atoms with Crippen molar-refractivity contribution in [2.75, 3.05) is 20.3 Å². The maximum absolute atomic E-state index is 11.8. The number of esters is 1. The summed E-state index contributed by atoms with van der Waals surface area (Å²) in [4.78, 5) is 35.3. The third kappa shape index (κ3) is 6.84. The minimum Gasteiger partial charge on any atom is -0.493 e. The Kier molecular flexibility index (Phi) is 7.96. The Morgan fingerprint density at radius 3 is 2.55 bits per heavy atom. The average Bonchev–Trinajstić information content (AvgIpc) is 2.75. The fraction of sp³-hybridized carbons (Fsp3) is 0.143. The van der Waals surface area contributed by atoms with Crippen LogP contribution in [0.5, 0.6) is 11.5 Å². The summed E-state index contributed by atoms with van der Waals surface area (Å²) < 4.78 is 15.2. The Morgan fingerprint density at radius 1 is 1.10 bits per heavy atom. The molecule has 0 bridgehead atoms. The number of nitrogens with one attached hydrogen (secondary N) is 1. The molecule has 0 aliphatic carbocycles. The van der Waals surface area contributed by atoms with E-state index in [0.717, 1.165) is 6.08 Å². The molecule has 8 heteroatoms. The van der Waals surface area contributed by atoms with Gasteiger partial charge in [-0.2, -0.15) is 5.26 Å². The lowest BCUT2D eigenvalue weighted by atomic mass is 10.2. The number of carbonyl (C=O) groups is 3. The average molecular weight is 394 g/mol. The second kappa shape index (κ2) is 10.9. The molecular weight excluding hydrogens is 376 g/mol. The standard InChI is InChI=1S/C21H18N2O6/c1-27-18-13-15(7-9-17(18)28-12-11-22)8-10-20(25)29-14-19(24)23-21(26)16-5-3-2-4-6-16/h2-10,13H,12,14H2,1H3,(H,23,24,26)/b10-8+. The number of methoxy groups -OCH3 is 1. The molecule has 0 aliphatic heterocycles. The fourth-order valence-corrected chi connectivity index (χ4v) is 2.19. The molecule has 148 valence electrons. The van der Waals surface area contributed by atoms with E-state index in [1.54, 1.807) is 48.5 Å². The number of rotatable bonds is 8. The molecule has 0 heterocycles. The van der Waals surface area contributed by atoms with Crippen LogP contribution in [0.2, 0.25) is 0 Å². The smallest absolute Gasteiger partial charge is 0.331 e. The Balaban J connectivity index is 1.85. The molecule has 8 nitrogen and oxygen atoms in total. The van der Waals surface area contributed by atoms with Gasteiger partial charge in [0, 0.05) is 11.6 Å². The molecular formula is C21H18N2O6. The van der Waals surface area contributed by atoms with Gasteiger partial charge in [-0.1, -0.05) is 24.3 Å². The number of amides is 2. The number of nitriles is 1. The Bertz CT molecular complexity index is 947. The quantitative estimate of drug-likeness (QED) is 0.539. The van der Waals surface area contributed by atoms with Crippen LogP contribution < -0.4 is 14.8 Å². The summed E-state index contributed by atoms with van der Waals surface area (Å²) in [5.41, 5.74) is 0.940. The lowest BCUT2D eigenvalue weighted by Gasteiger charge is -2.08. The molecule has 2 aromatic carbocycles. The molecule has 0 saturated carbocycles. The molecule has 29 heavy (non-hydrogen) atoms. The molecule has 0 aromatic heterocycles. The first kappa shape index (κ1) is 21.2. The molecule has 0 unspecified atom stereocenters. The molecule has 1 N–H and O–H groups in total. The SMILES string of the molecule is COc1cc(/C=C/C(=O)OCC(=O)NC(=O)c2ccccc2)ccc1OCC#N. The third-order valence-corrected chi connectivity index (χ3v) is 3.53. The van der Waals surface area contributed by atoms with Crippen molar-refractivity contribution >= 4 is 23.9 Å². The van der Waals surface area contributed by atoms with Crippen LogP contribution in [0.25, 0.3) is 6.08 Å². The number of carbonyl (C=O) groups excluding carboxylic acids is 3. The largest absolute Gasteiger partial charge is 0.493 e. The third-order valence-electron chi connectivity index (χ3n) is 3.53. The van der Waals surface area contributed by atoms with Gasteiger partial charge in [-0.15, -0.1) is 0 Å². The zero-order valence-electron chi connectivity index (χ0n) is 15.6. The van der Waals surface area contributed by atoms with E-state index in [1.165, 1.54) is 13.2 Å². The van der Waals surface area contributed by atoms with E-state index >= 15 is 0 Å². The number of imide groups is 1. The van der Waals surface area contributed by atoms with Crippen molar-refractivity contribution < 1.29 is 28.6 Å². The van der Waals surface area contributed by atoms with Crippen LogP contribution in [-0.4, -0.2) is 38.1 Å². The minimum absolute atomic E-state index is 0.118. The predicted molar refractivity (Wildman–Crippen MR) is 103 cm³/mol. The lowest BCUT2D eigenvalue weighted by molar-refractivity contribution is -0.143. The van der Waals surface area contributed by atoms with Gasteiger partial charge in [0.15, 0.2) is 24.7 Å². The highest BCUT2D eigenvalue weighted by Gasteiger charge is 2.11. The second-order valence-corrected chi connectivity index (χ2v) is 5.54. The zero-order chi connectivity index (χ0) is 21.1. The Hall–Kier alpha value is -4.12. The van der Waals surface area contributed by atoms with Crippen molar-refractivity contribution in [3.63, 3.8) is 0 Å². The van der Waals surface area contributed by atoms with Gasteiger partial charge in [0.05, 0.1) is 7.11 Å². The molecule has 0 saturated heterocycles. The van der Waals surface area contributed by atoms with Crippen LogP contribution in [0.3, 0.4) is 0 Å². The first-order valence-electron chi connectivity index (χ1n) is 8.45. The van der Waals surface area contributed by atoms with Crippen LogP contribution in [0.1, 0.15) is 15.9 Å². The molecule has 0 atom stereocenters. The zero-order valence-corrected chi connectivity index (χ0v) is 15.6. The van der Waals surface area contributed by atoms with Crippen molar-refractivity contribution in [1.82, 2.24) is 5.32 Å². The van der Waals surface area contributed by atoms with Gasteiger partial charge in [0.2, 0.25) is 0 Å². The van der Waals surface area contributed by atoms with E-state index in [-0.39, 0.29) is 6.61 Å². The van der Waals surface area contributed by atoms with Crippen LogP contribution in [0.15, 0.2) is 54.6 Å². The lowest BCUT2D eigenvalue weighted by Crippen LogP contribution is -2.33. The van der Waals surface area contributed by atoms with Crippen LogP contribution in [-0.2, 0) is 14.3 Å². The van der Waals surface area contributed by atoms with E-state index in [9.17, 15) is 14.4 Å². The van der Waals surface area contributed by atoms with Crippen LogP contribution >= 0.6 is 0 Å². The van der Waals surface area contributed by atoms with Gasteiger partial charge in [-0.05, 0) is 35.9 Å². The normalized spacial score (nSPS) is 10.1. The monoisotopic (exact) mass is 394 g/mol. The fourth-order valence-electron chi connectivity index (χ4n) is 2.19. The van der Waals surface area contributed by atoms with Crippen molar-refractivity contribution in [2.24, 2.45) is 0 Å². The topological polar surface area (TPSA) is 115 Å². The van der Waals surface area contributed by atoms with Gasteiger partial charge in [0.25, 0.3) is 11.8 Å². The van der Waals surface area contributed by atoms with Gasteiger partial charge >= 0.3 is 5.97 Å². The van der Waals surface area contributed by atoms with Crippen molar-refractivity contribution in [3.05, 3.63) is 65.7 Å². The summed E-state index contributed by atoms with van der Waals surface area (Å²) in [5.74, 6) is -1.27. The Labute approximate surface area is 167 Å². The summed E-state index contributed by atoms with van der Waals surface area (Å²) in [7, 11) is 1.45.